The van der Waals surface area contributed by atoms with E-state index in [0.29, 0.717) is 24.2 Å². The summed E-state index contributed by atoms with van der Waals surface area (Å²) in [5.74, 6) is 5.93. The van der Waals surface area contributed by atoms with Crippen molar-refractivity contribution in [3.63, 3.8) is 0 Å². The highest BCUT2D eigenvalue weighted by atomic mass is 16.6. The number of nitro benzene ring substituents is 1. The monoisotopic (exact) mass is 260 g/mol. The summed E-state index contributed by atoms with van der Waals surface area (Å²) in [6.45, 7) is 9.08. The Morgan fingerprint density at radius 1 is 1.21 bits per heavy atom. The van der Waals surface area contributed by atoms with E-state index in [-0.39, 0.29) is 5.69 Å². The van der Waals surface area contributed by atoms with Crippen LogP contribution in [0.1, 0.15) is 33.3 Å². The third-order valence-electron chi connectivity index (χ3n) is 2.91. The molecule has 19 heavy (non-hydrogen) atoms. The maximum atomic E-state index is 10.9. The lowest BCUT2D eigenvalue weighted by molar-refractivity contribution is -0.385. The quantitative estimate of drug-likeness (QED) is 0.475. The molecule has 0 atom stereocenters. The zero-order chi connectivity index (χ0) is 14.4. The van der Waals surface area contributed by atoms with Crippen molar-refractivity contribution in [2.24, 2.45) is 0 Å². The third kappa shape index (κ3) is 4.38. The molecule has 0 aliphatic heterocycles. The van der Waals surface area contributed by atoms with E-state index in [9.17, 15) is 10.1 Å². The molecule has 0 spiro atoms. The molecular weight excluding hydrogens is 240 g/mol. The fourth-order valence-corrected chi connectivity index (χ4v) is 1.93. The Balaban J connectivity index is 2.87. The van der Waals surface area contributed by atoms with Crippen molar-refractivity contribution in [3.05, 3.63) is 39.9 Å². The molecule has 4 heteroatoms. The summed E-state index contributed by atoms with van der Waals surface area (Å²) in [6, 6.07) is 7.38. The van der Waals surface area contributed by atoms with Crippen molar-refractivity contribution >= 4 is 5.69 Å². The highest BCUT2D eigenvalue weighted by Crippen LogP contribution is 2.16. The number of nitro groups is 1. The van der Waals surface area contributed by atoms with Crippen molar-refractivity contribution < 1.29 is 4.92 Å². The van der Waals surface area contributed by atoms with Gasteiger partial charge in [-0.2, -0.15) is 0 Å². The van der Waals surface area contributed by atoms with Gasteiger partial charge < -0.3 is 0 Å². The van der Waals surface area contributed by atoms with Crippen LogP contribution >= 0.6 is 0 Å². The Labute approximate surface area is 114 Å². The first kappa shape index (κ1) is 15.2. The van der Waals surface area contributed by atoms with Crippen LogP contribution < -0.4 is 0 Å². The highest BCUT2D eigenvalue weighted by Gasteiger charge is 2.12. The Morgan fingerprint density at radius 2 is 1.79 bits per heavy atom. The van der Waals surface area contributed by atoms with Gasteiger partial charge in [-0.1, -0.05) is 24.0 Å². The summed E-state index contributed by atoms with van der Waals surface area (Å²) in [6.07, 6.45) is 0. The minimum absolute atomic E-state index is 0.0654. The summed E-state index contributed by atoms with van der Waals surface area (Å²) in [4.78, 5) is 12.7. The Bertz CT molecular complexity index is 490. The second kappa shape index (κ2) is 6.91. The second-order valence-electron chi connectivity index (χ2n) is 4.94. The Hall–Kier alpha value is -1.86. The van der Waals surface area contributed by atoms with Gasteiger partial charge in [0.1, 0.15) is 5.56 Å². The second-order valence-corrected chi connectivity index (χ2v) is 4.94. The van der Waals surface area contributed by atoms with Crippen LogP contribution in [0.2, 0.25) is 0 Å². The first-order valence-electron chi connectivity index (χ1n) is 6.41. The van der Waals surface area contributed by atoms with E-state index >= 15 is 0 Å². The van der Waals surface area contributed by atoms with Crippen LogP contribution in [0.4, 0.5) is 5.69 Å². The maximum Gasteiger partial charge on any atom is 0.284 e. The molecule has 0 aliphatic rings. The molecule has 0 unspecified atom stereocenters. The lowest BCUT2D eigenvalue weighted by Gasteiger charge is -2.28. The summed E-state index contributed by atoms with van der Waals surface area (Å²) in [5, 5.41) is 10.9. The van der Waals surface area contributed by atoms with E-state index in [1.165, 1.54) is 6.07 Å². The number of para-hydroxylation sites is 1. The summed E-state index contributed by atoms with van der Waals surface area (Å²) < 4.78 is 0. The van der Waals surface area contributed by atoms with Crippen LogP contribution in [-0.4, -0.2) is 28.5 Å². The molecule has 0 N–H and O–H groups in total. The summed E-state index contributed by atoms with van der Waals surface area (Å²) in [7, 11) is 0. The van der Waals surface area contributed by atoms with Crippen molar-refractivity contribution in [3.8, 4) is 11.8 Å². The van der Waals surface area contributed by atoms with Gasteiger partial charge in [-0.05, 0) is 33.8 Å². The topological polar surface area (TPSA) is 46.4 Å². The van der Waals surface area contributed by atoms with Gasteiger partial charge in [0.15, 0.2) is 0 Å². The SMILES string of the molecule is CC(C)N(CC#Cc1ccccc1[N+](=O)[O-])C(C)C. The first-order valence-corrected chi connectivity index (χ1v) is 6.41. The molecule has 0 saturated heterocycles. The van der Waals surface area contributed by atoms with Crippen LogP contribution in [0, 0.1) is 22.0 Å². The number of rotatable bonds is 4. The van der Waals surface area contributed by atoms with Crippen LogP contribution in [0.25, 0.3) is 0 Å². The van der Waals surface area contributed by atoms with Crippen LogP contribution in [0.15, 0.2) is 24.3 Å². The smallest absolute Gasteiger partial charge is 0.284 e. The minimum Gasteiger partial charge on any atom is -0.287 e. The number of benzene rings is 1. The molecule has 0 amide bonds. The molecule has 0 aromatic heterocycles. The van der Waals surface area contributed by atoms with Crippen LogP contribution in [-0.2, 0) is 0 Å². The summed E-state index contributed by atoms with van der Waals surface area (Å²) in [5.41, 5.74) is 0.538. The Kier molecular flexibility index (Phi) is 5.53. The first-order chi connectivity index (χ1) is 8.93. The number of hydrogen-bond donors (Lipinski definition) is 0. The van der Waals surface area contributed by atoms with Crippen molar-refractivity contribution in [1.29, 1.82) is 0 Å². The normalized spacial score (nSPS) is 10.7. The van der Waals surface area contributed by atoms with E-state index in [1.807, 2.05) is 0 Å². The molecule has 0 heterocycles. The standard InChI is InChI=1S/C15H20N2O2/c1-12(2)16(13(3)4)11-7-9-14-8-5-6-10-15(14)17(18)19/h5-6,8,10,12-13H,11H2,1-4H3. The van der Waals surface area contributed by atoms with Gasteiger partial charge in [0.2, 0.25) is 0 Å². The van der Waals surface area contributed by atoms with E-state index in [0.717, 1.165) is 0 Å². The predicted octanol–water partition coefficient (Wildman–Crippen LogP) is 3.07. The third-order valence-corrected chi connectivity index (χ3v) is 2.91. The number of hydrogen-bond acceptors (Lipinski definition) is 3. The lowest BCUT2D eigenvalue weighted by Crippen LogP contribution is -2.37. The largest absolute Gasteiger partial charge is 0.287 e. The van der Waals surface area contributed by atoms with Gasteiger partial charge in [-0.15, -0.1) is 0 Å². The van der Waals surface area contributed by atoms with Gasteiger partial charge in [0, 0.05) is 18.2 Å². The van der Waals surface area contributed by atoms with Crippen molar-refractivity contribution in [2.75, 3.05) is 6.54 Å². The predicted molar refractivity (Wildman–Crippen MR) is 77.0 cm³/mol. The molecule has 0 saturated carbocycles. The molecule has 1 aromatic rings. The molecule has 4 nitrogen and oxygen atoms in total. The van der Waals surface area contributed by atoms with Crippen LogP contribution in [0.5, 0.6) is 0 Å². The molecule has 0 fully saturated rings. The minimum atomic E-state index is -0.396. The average Bonchev–Trinajstić information content (AvgIpc) is 2.33. The molecule has 1 rings (SSSR count). The molecule has 102 valence electrons. The molecule has 0 radical (unpaired) electrons. The van der Waals surface area contributed by atoms with Crippen molar-refractivity contribution in [1.82, 2.24) is 4.90 Å². The zero-order valence-corrected chi connectivity index (χ0v) is 11.9. The van der Waals surface area contributed by atoms with Gasteiger partial charge in [-0.25, -0.2) is 0 Å². The average molecular weight is 260 g/mol. The van der Waals surface area contributed by atoms with E-state index in [1.54, 1.807) is 18.2 Å². The Morgan fingerprint density at radius 3 is 2.32 bits per heavy atom. The zero-order valence-electron chi connectivity index (χ0n) is 11.9. The molecule has 1 aromatic carbocycles. The van der Waals surface area contributed by atoms with Gasteiger partial charge in [-0.3, -0.25) is 15.0 Å². The summed E-state index contributed by atoms with van der Waals surface area (Å²) >= 11 is 0. The van der Waals surface area contributed by atoms with E-state index in [4.69, 9.17) is 0 Å². The van der Waals surface area contributed by atoms with Crippen molar-refractivity contribution in [2.45, 2.75) is 39.8 Å². The van der Waals surface area contributed by atoms with Crippen LogP contribution in [0.3, 0.4) is 0 Å². The molecule has 0 aliphatic carbocycles. The maximum absolute atomic E-state index is 10.9. The fourth-order valence-electron chi connectivity index (χ4n) is 1.93. The number of nitrogens with zero attached hydrogens (tertiary/aromatic N) is 2. The van der Waals surface area contributed by atoms with Gasteiger partial charge in [0.05, 0.1) is 11.5 Å². The van der Waals surface area contributed by atoms with E-state index < -0.39 is 4.92 Å². The lowest BCUT2D eigenvalue weighted by atomic mass is 10.2. The van der Waals surface area contributed by atoms with Gasteiger partial charge >= 0.3 is 0 Å². The fraction of sp³-hybridized carbons (Fsp3) is 0.467. The molecular formula is C15H20N2O2. The highest BCUT2D eigenvalue weighted by molar-refractivity contribution is 5.50. The van der Waals surface area contributed by atoms with E-state index in [2.05, 4.69) is 44.4 Å². The molecule has 0 bridgehead atoms. The van der Waals surface area contributed by atoms with Gasteiger partial charge in [0.25, 0.3) is 5.69 Å².